The summed E-state index contributed by atoms with van der Waals surface area (Å²) in [4.78, 5) is 11.9. The Bertz CT molecular complexity index is 925. The lowest BCUT2D eigenvalue weighted by Crippen LogP contribution is -1.94. The average Bonchev–Trinajstić information content (AvgIpc) is 2.71. The Balaban J connectivity index is 2.06. The molecule has 0 saturated carbocycles. The van der Waals surface area contributed by atoms with E-state index in [0.29, 0.717) is 28.0 Å². The number of ether oxygens (including phenoxy) is 1. The van der Waals surface area contributed by atoms with Crippen LogP contribution in [-0.4, -0.2) is 33.3 Å². The van der Waals surface area contributed by atoms with Gasteiger partial charge in [-0.3, -0.25) is 4.79 Å². The van der Waals surface area contributed by atoms with Crippen LogP contribution in [0.15, 0.2) is 60.4 Å². The number of phenolic OH excluding ortho intramolecular Hbond substituents is 1. The van der Waals surface area contributed by atoms with Gasteiger partial charge in [-0.05, 0) is 52.6 Å². The Hall–Kier alpha value is -3.35. The smallest absolute Gasteiger partial charge is 0.182 e. The maximum atomic E-state index is 11.9. The zero-order valence-electron chi connectivity index (χ0n) is 15.4. The molecule has 6 heteroatoms. The zero-order valence-corrected chi connectivity index (χ0v) is 15.4. The molecule has 6 nitrogen and oxygen atoms in total. The van der Waals surface area contributed by atoms with Crippen LogP contribution in [0.5, 0.6) is 11.5 Å². The molecule has 0 amide bonds. The highest BCUT2D eigenvalue weighted by molar-refractivity contribution is 6.02. The molecule has 2 aromatic rings. The molecule has 0 aliphatic heterocycles. The molecule has 0 heterocycles. The molecule has 0 aliphatic rings. The van der Waals surface area contributed by atoms with E-state index in [1.54, 1.807) is 42.5 Å². The summed E-state index contributed by atoms with van der Waals surface area (Å²) in [6.45, 7) is -0.372. The minimum absolute atomic E-state index is 0.00466. The fraction of sp³-hybridized carbons (Fsp3) is 0.136. The summed E-state index contributed by atoms with van der Waals surface area (Å²) in [6, 6.07) is 9.77. The molecule has 2 aromatic carbocycles. The van der Waals surface area contributed by atoms with Crippen molar-refractivity contribution in [3.8, 4) is 11.5 Å². The van der Waals surface area contributed by atoms with Crippen molar-refractivity contribution >= 4 is 17.9 Å². The molecule has 0 aliphatic carbocycles. The minimum atomic E-state index is -0.416. The van der Waals surface area contributed by atoms with Crippen LogP contribution in [0.3, 0.4) is 0 Å². The van der Waals surface area contributed by atoms with Gasteiger partial charge in [-0.25, -0.2) is 0 Å². The number of carbonyl (C=O) groups is 1. The van der Waals surface area contributed by atoms with Crippen LogP contribution in [0.4, 0.5) is 0 Å². The monoisotopic (exact) mass is 382 g/mol. The fourth-order valence-corrected chi connectivity index (χ4v) is 2.45. The lowest BCUT2D eigenvalue weighted by Gasteiger charge is -2.05. The lowest BCUT2D eigenvalue weighted by atomic mass is 10.0. The first-order valence-electron chi connectivity index (χ1n) is 8.48. The van der Waals surface area contributed by atoms with Gasteiger partial charge in [-0.15, -0.1) is 0 Å². The number of phenols is 1. The predicted molar refractivity (Wildman–Crippen MR) is 107 cm³/mol. The van der Waals surface area contributed by atoms with Gasteiger partial charge < -0.3 is 25.2 Å². The van der Waals surface area contributed by atoms with Gasteiger partial charge in [-0.1, -0.05) is 30.4 Å². The Morgan fingerprint density at radius 2 is 1.61 bits per heavy atom. The van der Waals surface area contributed by atoms with Gasteiger partial charge in [0.25, 0.3) is 0 Å². The molecule has 28 heavy (non-hydrogen) atoms. The minimum Gasteiger partial charge on any atom is -0.508 e. The molecule has 0 fully saturated rings. The molecule has 0 saturated heterocycles. The van der Waals surface area contributed by atoms with Gasteiger partial charge >= 0.3 is 0 Å². The largest absolute Gasteiger partial charge is 0.508 e. The first kappa shape index (κ1) is 21.0. The van der Waals surface area contributed by atoms with E-state index in [1.807, 2.05) is 0 Å². The molecule has 0 bridgehead atoms. The van der Waals surface area contributed by atoms with Crippen LogP contribution < -0.4 is 4.74 Å². The Morgan fingerprint density at radius 3 is 2.29 bits per heavy atom. The third kappa shape index (κ3) is 5.84. The first-order valence-corrected chi connectivity index (χ1v) is 8.48. The van der Waals surface area contributed by atoms with Gasteiger partial charge in [0.1, 0.15) is 5.76 Å². The summed E-state index contributed by atoms with van der Waals surface area (Å²) in [6.07, 6.45) is 6.85. The van der Waals surface area contributed by atoms with Crippen LogP contribution >= 0.6 is 0 Å². The van der Waals surface area contributed by atoms with Gasteiger partial charge in [0.2, 0.25) is 0 Å². The lowest BCUT2D eigenvalue weighted by molar-refractivity contribution is -0.110. The average molecular weight is 382 g/mol. The summed E-state index contributed by atoms with van der Waals surface area (Å²) in [5.41, 5.74) is 2.59. The second-order valence-corrected chi connectivity index (χ2v) is 5.91. The normalized spacial score (nSPS) is 12.0. The highest BCUT2D eigenvalue weighted by Gasteiger charge is 2.02. The number of rotatable bonds is 8. The van der Waals surface area contributed by atoms with Gasteiger partial charge in [0.15, 0.2) is 17.3 Å². The second kappa shape index (κ2) is 10.1. The number of aromatic hydroxyl groups is 1. The van der Waals surface area contributed by atoms with Crippen molar-refractivity contribution < 1.29 is 30.0 Å². The van der Waals surface area contributed by atoms with Gasteiger partial charge in [0, 0.05) is 6.08 Å². The number of benzene rings is 2. The molecule has 146 valence electrons. The van der Waals surface area contributed by atoms with Crippen LogP contribution in [0, 0.1) is 0 Å². The van der Waals surface area contributed by atoms with Gasteiger partial charge in [-0.2, -0.15) is 0 Å². The summed E-state index contributed by atoms with van der Waals surface area (Å²) >= 11 is 0. The van der Waals surface area contributed by atoms with Crippen LogP contribution in [0.25, 0.3) is 12.2 Å². The molecule has 0 radical (unpaired) electrons. The van der Waals surface area contributed by atoms with Gasteiger partial charge in [0.05, 0.1) is 20.3 Å². The summed E-state index contributed by atoms with van der Waals surface area (Å²) in [7, 11) is 1.43. The number of allylic oxidation sites excluding steroid dienone is 3. The maximum absolute atomic E-state index is 11.9. The van der Waals surface area contributed by atoms with E-state index in [-0.39, 0.29) is 24.7 Å². The highest BCUT2D eigenvalue weighted by Crippen LogP contribution is 2.26. The molecular formula is C22H22O6. The molecule has 4 N–H and O–H groups in total. The summed E-state index contributed by atoms with van der Waals surface area (Å²) in [5.74, 6) is -0.342. The van der Waals surface area contributed by atoms with E-state index in [4.69, 9.17) is 4.74 Å². The van der Waals surface area contributed by atoms with Crippen molar-refractivity contribution in [3.05, 3.63) is 82.6 Å². The predicted octanol–water partition coefficient (Wildman–Crippen LogP) is 3.12. The summed E-state index contributed by atoms with van der Waals surface area (Å²) in [5, 5.41) is 37.9. The Labute approximate surface area is 163 Å². The molecule has 2 rings (SSSR count). The van der Waals surface area contributed by atoms with E-state index in [1.165, 1.54) is 25.3 Å². The maximum Gasteiger partial charge on any atom is 0.182 e. The molecular weight excluding hydrogens is 360 g/mol. The number of hydrogen-bond donors (Lipinski definition) is 4. The Morgan fingerprint density at radius 1 is 0.964 bits per heavy atom. The third-order valence-corrected chi connectivity index (χ3v) is 3.95. The fourth-order valence-electron chi connectivity index (χ4n) is 2.45. The quantitative estimate of drug-likeness (QED) is 0.317. The van der Waals surface area contributed by atoms with Crippen molar-refractivity contribution in [1.29, 1.82) is 0 Å². The van der Waals surface area contributed by atoms with Crippen molar-refractivity contribution in [1.82, 2.24) is 0 Å². The van der Waals surface area contributed by atoms with E-state index >= 15 is 0 Å². The molecule has 0 spiro atoms. The third-order valence-electron chi connectivity index (χ3n) is 3.95. The number of ketones is 1. The first-order chi connectivity index (χ1) is 13.5. The molecule has 0 atom stereocenters. The van der Waals surface area contributed by atoms with Crippen LogP contribution in [-0.2, 0) is 18.0 Å². The van der Waals surface area contributed by atoms with E-state index in [0.717, 1.165) is 6.08 Å². The van der Waals surface area contributed by atoms with Crippen LogP contribution in [0.2, 0.25) is 0 Å². The SMILES string of the molecule is COc1cc(/C=C/C(=O)/C=C(O)/C=C/c2ccc(CO)c(CO)c2)ccc1O. The van der Waals surface area contributed by atoms with Crippen molar-refractivity contribution in [2.24, 2.45) is 0 Å². The topological polar surface area (TPSA) is 107 Å². The van der Waals surface area contributed by atoms with E-state index < -0.39 is 5.78 Å². The number of aliphatic hydroxyl groups excluding tert-OH is 3. The van der Waals surface area contributed by atoms with Crippen molar-refractivity contribution in [2.45, 2.75) is 13.2 Å². The van der Waals surface area contributed by atoms with Crippen molar-refractivity contribution in [3.63, 3.8) is 0 Å². The van der Waals surface area contributed by atoms with Crippen molar-refractivity contribution in [2.75, 3.05) is 7.11 Å². The zero-order chi connectivity index (χ0) is 20.5. The van der Waals surface area contributed by atoms with E-state index in [9.17, 15) is 25.2 Å². The number of methoxy groups -OCH3 is 1. The molecule has 0 unspecified atom stereocenters. The Kier molecular flexibility index (Phi) is 7.56. The highest BCUT2D eigenvalue weighted by atomic mass is 16.5. The molecule has 0 aromatic heterocycles. The summed E-state index contributed by atoms with van der Waals surface area (Å²) < 4.78 is 5.00. The second-order valence-electron chi connectivity index (χ2n) is 5.91. The number of carbonyl (C=O) groups excluding carboxylic acids is 1. The number of hydrogen-bond acceptors (Lipinski definition) is 6. The van der Waals surface area contributed by atoms with Crippen LogP contribution in [0.1, 0.15) is 22.3 Å². The standard InChI is InChI=1S/C22H22O6/c1-28-22-11-16(5-9-21(22)27)4-8-20(26)12-19(25)7-3-15-2-6-17(13-23)18(10-15)14-24/h2-12,23-25,27H,13-14H2,1H3/b7-3+,8-4+,19-12-. The van der Waals surface area contributed by atoms with E-state index in [2.05, 4.69) is 0 Å². The number of aliphatic hydroxyl groups is 3.